The van der Waals surface area contributed by atoms with Gasteiger partial charge in [-0.3, -0.25) is 4.99 Å². The number of hydrogen-bond donors (Lipinski definition) is 2. The first-order chi connectivity index (χ1) is 10.5. The lowest BCUT2D eigenvalue weighted by molar-refractivity contribution is -0.890. The van der Waals surface area contributed by atoms with Crippen molar-refractivity contribution in [1.82, 2.24) is 0 Å². The van der Waals surface area contributed by atoms with Crippen molar-refractivity contribution in [2.24, 2.45) is 4.99 Å². The molecule has 116 valence electrons. The Kier molecular flexibility index (Phi) is 6.00. The maximum Gasteiger partial charge on any atom is 0.134 e. The quantitative estimate of drug-likeness (QED) is 0.766. The number of benzene rings is 2. The summed E-state index contributed by atoms with van der Waals surface area (Å²) in [6.07, 6.45) is 1.70. The molecule has 0 fully saturated rings. The molecule has 0 aliphatic rings. The van der Waals surface area contributed by atoms with Crippen molar-refractivity contribution in [3.05, 3.63) is 63.1 Å². The molecule has 0 unspecified atom stereocenters. The predicted octanol–water partition coefficient (Wildman–Crippen LogP) is 3.11. The summed E-state index contributed by atoms with van der Waals surface area (Å²) in [6.45, 7) is 0.595. The molecular formula is C17H19BrClN2O+. The van der Waals surface area contributed by atoms with E-state index in [2.05, 4.69) is 35.0 Å². The zero-order chi connectivity index (χ0) is 16.1. The van der Waals surface area contributed by atoms with Gasteiger partial charge in [0.25, 0.3) is 0 Å². The summed E-state index contributed by atoms with van der Waals surface area (Å²) in [5, 5.41) is 10.6. The molecule has 5 heteroatoms. The Balaban J connectivity index is 2.18. The number of rotatable bonds is 5. The highest BCUT2D eigenvalue weighted by atomic mass is 79.9. The largest absolute Gasteiger partial charge is 0.507 e. The van der Waals surface area contributed by atoms with E-state index >= 15 is 0 Å². The van der Waals surface area contributed by atoms with Crippen molar-refractivity contribution >= 4 is 33.7 Å². The number of aliphatic imine (C=N–C) groups is 1. The van der Waals surface area contributed by atoms with E-state index < -0.39 is 0 Å². The SMILES string of the molecule is C[NH+](C)[C@@H](CN=Cc1cc(Br)ccc1O)c1ccccc1Cl. The highest BCUT2D eigenvalue weighted by Crippen LogP contribution is 2.22. The van der Waals surface area contributed by atoms with Crippen molar-refractivity contribution in [2.75, 3.05) is 20.6 Å². The molecule has 0 radical (unpaired) electrons. The monoisotopic (exact) mass is 381 g/mol. The second-order valence-electron chi connectivity index (χ2n) is 5.35. The fourth-order valence-electron chi connectivity index (χ4n) is 2.23. The van der Waals surface area contributed by atoms with Crippen LogP contribution >= 0.6 is 27.5 Å². The molecule has 0 heterocycles. The summed E-state index contributed by atoms with van der Waals surface area (Å²) < 4.78 is 0.910. The normalized spacial score (nSPS) is 13.0. The fourth-order valence-corrected chi connectivity index (χ4v) is 2.88. The van der Waals surface area contributed by atoms with E-state index in [1.807, 2.05) is 30.3 Å². The molecule has 3 nitrogen and oxygen atoms in total. The van der Waals surface area contributed by atoms with Crippen LogP contribution in [0.15, 0.2) is 51.9 Å². The topological polar surface area (TPSA) is 37.0 Å². The first kappa shape index (κ1) is 17.0. The maximum atomic E-state index is 9.83. The highest BCUT2D eigenvalue weighted by Gasteiger charge is 2.19. The van der Waals surface area contributed by atoms with Gasteiger partial charge in [0.1, 0.15) is 11.8 Å². The van der Waals surface area contributed by atoms with Crippen molar-refractivity contribution in [3.63, 3.8) is 0 Å². The average Bonchev–Trinajstić information content (AvgIpc) is 2.48. The van der Waals surface area contributed by atoms with Crippen molar-refractivity contribution < 1.29 is 10.0 Å². The Hall–Kier alpha value is -1.36. The molecule has 2 aromatic rings. The lowest BCUT2D eigenvalue weighted by atomic mass is 10.1. The third-order valence-electron chi connectivity index (χ3n) is 3.49. The first-order valence-corrected chi connectivity index (χ1v) is 8.19. The van der Waals surface area contributed by atoms with Gasteiger partial charge in [0.15, 0.2) is 0 Å². The number of likely N-dealkylation sites (N-methyl/N-ethyl adjacent to an activating group) is 1. The van der Waals surface area contributed by atoms with Crippen molar-refractivity contribution in [1.29, 1.82) is 0 Å². The van der Waals surface area contributed by atoms with Crippen LogP contribution in [0.2, 0.25) is 5.02 Å². The van der Waals surface area contributed by atoms with Crippen LogP contribution in [0.3, 0.4) is 0 Å². The third kappa shape index (κ3) is 4.32. The number of halogens is 2. The van der Waals surface area contributed by atoms with Crippen LogP contribution in [-0.4, -0.2) is 32.0 Å². The second-order valence-corrected chi connectivity index (χ2v) is 6.67. The Morgan fingerprint density at radius 3 is 2.68 bits per heavy atom. The van der Waals surface area contributed by atoms with Gasteiger partial charge in [0.2, 0.25) is 0 Å². The summed E-state index contributed by atoms with van der Waals surface area (Å²) in [4.78, 5) is 5.75. The molecule has 1 atom stereocenters. The fraction of sp³-hybridized carbons (Fsp3) is 0.235. The molecule has 0 saturated heterocycles. The summed E-state index contributed by atoms with van der Waals surface area (Å²) in [5.74, 6) is 0.221. The summed E-state index contributed by atoms with van der Waals surface area (Å²) >= 11 is 9.69. The minimum Gasteiger partial charge on any atom is -0.507 e. The van der Waals surface area contributed by atoms with Gasteiger partial charge in [-0.15, -0.1) is 0 Å². The van der Waals surface area contributed by atoms with Crippen LogP contribution in [0.25, 0.3) is 0 Å². The number of aromatic hydroxyl groups is 1. The zero-order valence-corrected chi connectivity index (χ0v) is 14.9. The van der Waals surface area contributed by atoms with Gasteiger partial charge in [-0.25, -0.2) is 0 Å². The number of phenols is 1. The molecule has 0 aliphatic heterocycles. The average molecular weight is 383 g/mol. The maximum absolute atomic E-state index is 9.83. The van der Waals surface area contributed by atoms with Crippen LogP contribution in [0.4, 0.5) is 0 Å². The van der Waals surface area contributed by atoms with Gasteiger partial charge < -0.3 is 10.0 Å². The zero-order valence-electron chi connectivity index (χ0n) is 12.6. The Morgan fingerprint density at radius 2 is 2.00 bits per heavy atom. The third-order valence-corrected chi connectivity index (χ3v) is 4.32. The van der Waals surface area contributed by atoms with Gasteiger partial charge in [-0.2, -0.15) is 0 Å². The second kappa shape index (κ2) is 7.77. The Labute approximate surface area is 144 Å². The van der Waals surface area contributed by atoms with Crippen LogP contribution in [0.1, 0.15) is 17.2 Å². The Bertz CT molecular complexity index is 673. The summed E-state index contributed by atoms with van der Waals surface area (Å²) in [7, 11) is 4.17. The number of nitrogens with zero attached hydrogens (tertiary/aromatic N) is 1. The lowest BCUT2D eigenvalue weighted by Gasteiger charge is -2.21. The molecule has 2 aromatic carbocycles. The smallest absolute Gasteiger partial charge is 0.134 e. The van der Waals surface area contributed by atoms with E-state index in [1.54, 1.807) is 18.3 Å². The van der Waals surface area contributed by atoms with Crippen LogP contribution in [-0.2, 0) is 0 Å². The molecular weight excluding hydrogens is 364 g/mol. The predicted molar refractivity (Wildman–Crippen MR) is 95.3 cm³/mol. The Morgan fingerprint density at radius 1 is 1.27 bits per heavy atom. The standard InChI is InChI=1S/C17H18BrClN2O/c1-21(2)16(14-5-3-4-6-15(14)19)11-20-10-12-9-13(18)7-8-17(12)22/h3-10,16,22H,11H2,1-2H3/p+1/t16-/m0/s1. The van der Waals surface area contributed by atoms with E-state index in [1.165, 1.54) is 4.90 Å². The van der Waals surface area contributed by atoms with Crippen LogP contribution < -0.4 is 4.90 Å². The highest BCUT2D eigenvalue weighted by molar-refractivity contribution is 9.10. The summed E-state index contributed by atoms with van der Waals surface area (Å²) in [5.41, 5.74) is 1.78. The van der Waals surface area contributed by atoms with Gasteiger partial charge in [-0.1, -0.05) is 45.7 Å². The van der Waals surface area contributed by atoms with E-state index in [4.69, 9.17) is 11.6 Å². The van der Waals surface area contributed by atoms with Gasteiger partial charge in [0.05, 0.1) is 20.6 Å². The van der Waals surface area contributed by atoms with E-state index in [0.29, 0.717) is 12.1 Å². The van der Waals surface area contributed by atoms with Gasteiger partial charge in [-0.05, 0) is 24.3 Å². The molecule has 0 bridgehead atoms. The number of phenolic OH excluding ortho intramolecular Hbond substituents is 1. The van der Waals surface area contributed by atoms with E-state index in [0.717, 1.165) is 15.1 Å². The lowest BCUT2D eigenvalue weighted by Crippen LogP contribution is -3.06. The molecule has 2 rings (SSSR count). The summed E-state index contributed by atoms with van der Waals surface area (Å²) in [6, 6.07) is 13.3. The number of quaternary nitrogens is 1. The van der Waals surface area contributed by atoms with Crippen LogP contribution in [0.5, 0.6) is 5.75 Å². The molecule has 22 heavy (non-hydrogen) atoms. The minimum absolute atomic E-state index is 0.166. The number of nitrogens with one attached hydrogen (secondary N) is 1. The molecule has 0 aliphatic carbocycles. The van der Waals surface area contributed by atoms with Gasteiger partial charge in [0, 0.05) is 26.8 Å². The van der Waals surface area contributed by atoms with Crippen LogP contribution in [0, 0.1) is 0 Å². The number of hydrogen-bond acceptors (Lipinski definition) is 2. The molecule has 2 N–H and O–H groups in total. The molecule has 0 aromatic heterocycles. The first-order valence-electron chi connectivity index (χ1n) is 7.02. The molecule has 0 spiro atoms. The van der Waals surface area contributed by atoms with E-state index in [9.17, 15) is 5.11 Å². The minimum atomic E-state index is 0.166. The molecule has 0 saturated carbocycles. The van der Waals surface area contributed by atoms with Crippen molar-refractivity contribution in [3.8, 4) is 5.75 Å². The van der Waals surface area contributed by atoms with Gasteiger partial charge >= 0.3 is 0 Å². The van der Waals surface area contributed by atoms with E-state index in [-0.39, 0.29) is 11.8 Å². The van der Waals surface area contributed by atoms with Crippen molar-refractivity contribution in [2.45, 2.75) is 6.04 Å². The molecule has 0 amide bonds.